The molecule has 0 saturated heterocycles. The van der Waals surface area contributed by atoms with E-state index in [9.17, 15) is 9.18 Å². The lowest BCUT2D eigenvalue weighted by Crippen LogP contribution is -2.22. The van der Waals surface area contributed by atoms with Crippen LogP contribution in [-0.4, -0.2) is 31.4 Å². The quantitative estimate of drug-likeness (QED) is 0.688. The number of hydrogen-bond acceptors (Lipinski definition) is 5. The van der Waals surface area contributed by atoms with Crippen LogP contribution >= 0.6 is 23.4 Å². The summed E-state index contributed by atoms with van der Waals surface area (Å²) in [6.07, 6.45) is 0. The van der Waals surface area contributed by atoms with Crippen molar-refractivity contribution < 1.29 is 9.18 Å². The van der Waals surface area contributed by atoms with Crippen molar-refractivity contribution in [3.63, 3.8) is 0 Å². The molecule has 1 atom stereocenters. The Labute approximate surface area is 152 Å². The van der Waals surface area contributed by atoms with Gasteiger partial charge in [0.05, 0.1) is 10.9 Å². The van der Waals surface area contributed by atoms with Crippen LogP contribution in [0.15, 0.2) is 53.7 Å². The Morgan fingerprint density at radius 3 is 2.84 bits per heavy atom. The summed E-state index contributed by atoms with van der Waals surface area (Å²) in [5.41, 5.74) is 1.09. The zero-order valence-corrected chi connectivity index (χ0v) is 14.6. The van der Waals surface area contributed by atoms with Gasteiger partial charge in [-0.3, -0.25) is 4.79 Å². The average molecular weight is 378 g/mol. The highest BCUT2D eigenvalue weighted by Gasteiger charge is 2.19. The molecule has 1 aromatic heterocycles. The van der Waals surface area contributed by atoms with Gasteiger partial charge in [0.25, 0.3) is 0 Å². The second-order valence-corrected chi connectivity index (χ2v) is 6.86. The van der Waals surface area contributed by atoms with Crippen molar-refractivity contribution in [2.24, 2.45) is 0 Å². The van der Waals surface area contributed by atoms with Crippen molar-refractivity contribution in [3.8, 4) is 5.69 Å². The first-order chi connectivity index (χ1) is 12.0. The van der Waals surface area contributed by atoms with Gasteiger partial charge in [0, 0.05) is 10.7 Å². The Kier molecular flexibility index (Phi) is 5.30. The van der Waals surface area contributed by atoms with Gasteiger partial charge in [-0.2, -0.15) is 4.68 Å². The number of carbonyl (C=O) groups is 1. The van der Waals surface area contributed by atoms with Gasteiger partial charge in [0.2, 0.25) is 11.1 Å². The van der Waals surface area contributed by atoms with Crippen molar-refractivity contribution in [2.45, 2.75) is 17.3 Å². The van der Waals surface area contributed by atoms with Crippen molar-refractivity contribution in [3.05, 3.63) is 59.4 Å². The number of nitrogens with zero attached hydrogens (tertiary/aromatic N) is 4. The molecule has 0 aliphatic rings. The van der Waals surface area contributed by atoms with Crippen LogP contribution < -0.4 is 5.32 Å². The molecule has 128 valence electrons. The molecule has 1 amide bonds. The third kappa shape index (κ3) is 4.34. The van der Waals surface area contributed by atoms with Crippen LogP contribution in [0.25, 0.3) is 5.69 Å². The molecule has 0 spiro atoms. The van der Waals surface area contributed by atoms with Crippen LogP contribution in [0, 0.1) is 5.82 Å². The zero-order valence-electron chi connectivity index (χ0n) is 13.1. The maximum Gasteiger partial charge on any atom is 0.237 e. The molecule has 0 fully saturated rings. The van der Waals surface area contributed by atoms with Crippen LogP contribution in [-0.2, 0) is 4.79 Å². The summed E-state index contributed by atoms with van der Waals surface area (Å²) in [6.45, 7) is 1.73. The lowest BCUT2D eigenvalue weighted by Gasteiger charge is -2.12. The predicted molar refractivity (Wildman–Crippen MR) is 94.5 cm³/mol. The molecule has 2 aromatic carbocycles. The Balaban J connectivity index is 1.72. The smallest absolute Gasteiger partial charge is 0.237 e. The Morgan fingerprint density at radius 1 is 1.28 bits per heavy atom. The highest BCUT2D eigenvalue weighted by molar-refractivity contribution is 8.00. The van der Waals surface area contributed by atoms with E-state index in [1.807, 2.05) is 0 Å². The van der Waals surface area contributed by atoms with E-state index >= 15 is 0 Å². The fraction of sp³-hybridized carbons (Fsp3) is 0.125. The highest BCUT2D eigenvalue weighted by atomic mass is 35.5. The lowest BCUT2D eigenvalue weighted by molar-refractivity contribution is -0.115. The van der Waals surface area contributed by atoms with E-state index in [2.05, 4.69) is 20.8 Å². The third-order valence-electron chi connectivity index (χ3n) is 3.24. The maximum atomic E-state index is 13.4. The van der Waals surface area contributed by atoms with Gasteiger partial charge < -0.3 is 5.32 Å². The first-order valence-electron chi connectivity index (χ1n) is 7.30. The van der Waals surface area contributed by atoms with Crippen LogP contribution in [0.1, 0.15) is 6.92 Å². The summed E-state index contributed by atoms with van der Waals surface area (Å²) >= 11 is 7.08. The molecular formula is C16H13ClFN5OS. The molecule has 0 radical (unpaired) electrons. The van der Waals surface area contributed by atoms with Gasteiger partial charge in [-0.15, -0.1) is 5.10 Å². The number of anilines is 1. The van der Waals surface area contributed by atoms with Gasteiger partial charge >= 0.3 is 0 Å². The molecule has 6 nitrogen and oxygen atoms in total. The van der Waals surface area contributed by atoms with Crippen molar-refractivity contribution >= 4 is 35.0 Å². The van der Waals surface area contributed by atoms with E-state index in [1.165, 1.54) is 28.6 Å². The Morgan fingerprint density at radius 2 is 2.08 bits per heavy atom. The predicted octanol–water partition coefficient (Wildman–Crippen LogP) is 3.57. The molecule has 0 aliphatic carbocycles. The van der Waals surface area contributed by atoms with E-state index in [0.29, 0.717) is 21.6 Å². The van der Waals surface area contributed by atoms with Crippen molar-refractivity contribution in [2.75, 3.05) is 5.32 Å². The number of tetrazole rings is 1. The molecule has 1 heterocycles. The van der Waals surface area contributed by atoms with Crippen LogP contribution in [0.3, 0.4) is 0 Å². The van der Waals surface area contributed by atoms with Crippen LogP contribution in [0.5, 0.6) is 0 Å². The number of aromatic nitrogens is 4. The van der Waals surface area contributed by atoms with E-state index in [1.54, 1.807) is 43.3 Å². The first kappa shape index (κ1) is 17.4. The summed E-state index contributed by atoms with van der Waals surface area (Å²) < 4.78 is 14.8. The number of carbonyl (C=O) groups excluding carboxylic acids is 1. The summed E-state index contributed by atoms with van der Waals surface area (Å²) in [7, 11) is 0. The fourth-order valence-electron chi connectivity index (χ4n) is 2.04. The molecule has 9 heteroatoms. The minimum atomic E-state index is -0.475. The van der Waals surface area contributed by atoms with Gasteiger partial charge in [-0.05, 0) is 53.7 Å². The highest BCUT2D eigenvalue weighted by Crippen LogP contribution is 2.24. The number of hydrogen-bond donors (Lipinski definition) is 1. The normalized spacial score (nSPS) is 12.0. The number of rotatable bonds is 5. The zero-order chi connectivity index (χ0) is 17.8. The van der Waals surface area contributed by atoms with Crippen molar-refractivity contribution in [1.29, 1.82) is 0 Å². The minimum absolute atomic E-state index is 0.221. The van der Waals surface area contributed by atoms with Crippen molar-refractivity contribution in [1.82, 2.24) is 20.2 Å². The molecule has 1 unspecified atom stereocenters. The average Bonchev–Trinajstić information content (AvgIpc) is 3.03. The molecule has 0 bridgehead atoms. The monoisotopic (exact) mass is 377 g/mol. The van der Waals surface area contributed by atoms with E-state index in [4.69, 9.17) is 11.6 Å². The van der Waals surface area contributed by atoms with Gasteiger partial charge in [-0.25, -0.2) is 4.39 Å². The van der Waals surface area contributed by atoms with Gasteiger partial charge in [0.1, 0.15) is 5.82 Å². The molecule has 1 N–H and O–H groups in total. The van der Waals surface area contributed by atoms with Gasteiger partial charge in [-0.1, -0.05) is 35.5 Å². The van der Waals surface area contributed by atoms with Crippen LogP contribution in [0.4, 0.5) is 10.1 Å². The van der Waals surface area contributed by atoms with E-state index in [0.717, 1.165) is 0 Å². The SMILES string of the molecule is CC(Sc1nnnn1-c1cccc(F)c1)C(=O)Nc1cccc(Cl)c1. The molecule has 3 aromatic rings. The standard InChI is InChI=1S/C16H13ClFN5OS/c1-10(15(24)19-13-6-2-4-11(17)8-13)25-16-20-21-22-23(16)14-7-3-5-12(18)9-14/h2-10H,1H3,(H,19,24). The maximum absolute atomic E-state index is 13.4. The third-order valence-corrected chi connectivity index (χ3v) is 4.51. The fourth-order valence-corrected chi connectivity index (χ4v) is 3.04. The van der Waals surface area contributed by atoms with E-state index < -0.39 is 11.1 Å². The summed E-state index contributed by atoms with van der Waals surface area (Å²) in [6, 6.07) is 12.8. The summed E-state index contributed by atoms with van der Waals surface area (Å²) in [5.74, 6) is -0.614. The number of halogens is 2. The molecule has 0 saturated carbocycles. The number of thioether (sulfide) groups is 1. The molecule has 0 aliphatic heterocycles. The Bertz CT molecular complexity index is 903. The first-order valence-corrected chi connectivity index (χ1v) is 8.56. The Hall–Kier alpha value is -2.45. The molecular weight excluding hydrogens is 365 g/mol. The molecule has 25 heavy (non-hydrogen) atoms. The number of nitrogens with one attached hydrogen (secondary N) is 1. The van der Waals surface area contributed by atoms with Crippen LogP contribution in [0.2, 0.25) is 5.02 Å². The number of amides is 1. The number of benzene rings is 2. The largest absolute Gasteiger partial charge is 0.325 e. The van der Waals surface area contributed by atoms with E-state index in [-0.39, 0.29) is 5.91 Å². The minimum Gasteiger partial charge on any atom is -0.325 e. The summed E-state index contributed by atoms with van der Waals surface area (Å²) in [4.78, 5) is 12.3. The summed E-state index contributed by atoms with van der Waals surface area (Å²) in [5, 5.41) is 14.6. The van der Waals surface area contributed by atoms with Gasteiger partial charge in [0.15, 0.2) is 0 Å². The second-order valence-electron chi connectivity index (χ2n) is 5.11. The lowest BCUT2D eigenvalue weighted by atomic mass is 10.3. The second kappa shape index (κ2) is 7.62. The molecule has 3 rings (SSSR count). The topological polar surface area (TPSA) is 72.7 Å².